The average molecular weight is 179 g/mol. The second-order valence-electron chi connectivity index (χ2n) is 3.12. The molecule has 0 bridgehead atoms. The van der Waals surface area contributed by atoms with Crippen molar-refractivity contribution in [3.63, 3.8) is 0 Å². The van der Waals surface area contributed by atoms with Crippen LogP contribution in [-0.2, 0) is 0 Å². The van der Waals surface area contributed by atoms with Crippen molar-refractivity contribution in [3.05, 3.63) is 36.2 Å². The van der Waals surface area contributed by atoms with Crippen molar-refractivity contribution in [1.29, 1.82) is 0 Å². The van der Waals surface area contributed by atoms with Crippen LogP contribution in [0.4, 0.5) is 0 Å². The zero-order valence-corrected chi connectivity index (χ0v) is 8.08. The summed E-state index contributed by atoms with van der Waals surface area (Å²) in [4.78, 5) is 0. The monoisotopic (exact) mass is 179 g/mol. The van der Waals surface area contributed by atoms with E-state index in [0.717, 1.165) is 16.9 Å². The van der Waals surface area contributed by atoms with Crippen molar-refractivity contribution < 1.29 is 9.84 Å². The van der Waals surface area contributed by atoms with E-state index in [-0.39, 0.29) is 12.5 Å². The highest BCUT2D eigenvalue weighted by molar-refractivity contribution is 5.39. The molecule has 0 aromatic heterocycles. The average Bonchev–Trinajstić information content (AvgIpc) is 2.16. The third-order valence-corrected chi connectivity index (χ3v) is 2.05. The van der Waals surface area contributed by atoms with Gasteiger partial charge in [-0.3, -0.25) is 0 Å². The Morgan fingerprint density at radius 3 is 2.77 bits per heavy atom. The molecule has 0 spiro atoms. The van der Waals surface area contributed by atoms with Crippen LogP contribution in [0.3, 0.4) is 0 Å². The highest BCUT2D eigenvalue weighted by Crippen LogP contribution is 2.26. The normalized spacial score (nSPS) is 12.6. The first-order valence-corrected chi connectivity index (χ1v) is 4.27. The third kappa shape index (κ3) is 2.22. The lowest BCUT2D eigenvalue weighted by Gasteiger charge is -2.13. The van der Waals surface area contributed by atoms with Gasteiger partial charge in [0.2, 0.25) is 0 Å². The van der Waals surface area contributed by atoms with Crippen molar-refractivity contribution in [3.8, 4) is 5.75 Å². The molecule has 1 aromatic carbocycles. The summed E-state index contributed by atoms with van der Waals surface area (Å²) in [5.41, 5.74) is 2.11. The smallest absolute Gasteiger partial charge is 0.122 e. The number of ether oxygens (including phenoxy) is 1. The predicted octanol–water partition coefficient (Wildman–Crippen LogP) is 1.91. The van der Waals surface area contributed by atoms with Gasteiger partial charge in [-0.2, -0.15) is 0 Å². The van der Waals surface area contributed by atoms with Gasteiger partial charge in [0.25, 0.3) is 0 Å². The van der Waals surface area contributed by atoms with Crippen LogP contribution in [0.25, 0.3) is 0 Å². The van der Waals surface area contributed by atoms with E-state index < -0.39 is 0 Å². The molecule has 0 aliphatic heterocycles. The molecule has 1 aromatic rings. The van der Waals surface area contributed by atoms with Crippen LogP contribution in [0, 0.1) is 13.8 Å². The Labute approximate surface area is 79.2 Å². The van der Waals surface area contributed by atoms with E-state index in [1.807, 2.05) is 25.1 Å². The fourth-order valence-electron chi connectivity index (χ4n) is 1.27. The first-order valence-electron chi connectivity index (χ1n) is 4.27. The Balaban J connectivity index is 3.07. The van der Waals surface area contributed by atoms with E-state index in [1.54, 1.807) is 7.11 Å². The van der Waals surface area contributed by atoms with Crippen molar-refractivity contribution in [2.45, 2.75) is 12.8 Å². The minimum Gasteiger partial charge on any atom is -0.496 e. The van der Waals surface area contributed by atoms with Gasteiger partial charge in [-0.05, 0) is 25.5 Å². The Bertz CT molecular complexity index is 281. The number of hydrogen-bond acceptors (Lipinski definition) is 2. The van der Waals surface area contributed by atoms with E-state index >= 15 is 0 Å². The van der Waals surface area contributed by atoms with Crippen LogP contribution in [0.15, 0.2) is 18.2 Å². The van der Waals surface area contributed by atoms with Crippen molar-refractivity contribution in [2.75, 3.05) is 13.7 Å². The molecule has 0 saturated heterocycles. The minimum absolute atomic E-state index is 0.0415. The highest BCUT2D eigenvalue weighted by Gasteiger charge is 2.10. The van der Waals surface area contributed by atoms with Gasteiger partial charge in [0.15, 0.2) is 0 Å². The summed E-state index contributed by atoms with van der Waals surface area (Å²) in [6.45, 7) is 5.89. The molecular formula is C11H15O2. The van der Waals surface area contributed by atoms with Crippen molar-refractivity contribution in [2.24, 2.45) is 0 Å². The molecule has 0 saturated carbocycles. The van der Waals surface area contributed by atoms with Crippen LogP contribution in [0.2, 0.25) is 0 Å². The van der Waals surface area contributed by atoms with Gasteiger partial charge < -0.3 is 9.84 Å². The van der Waals surface area contributed by atoms with Gasteiger partial charge in [-0.25, -0.2) is 0 Å². The quantitative estimate of drug-likeness (QED) is 0.768. The zero-order valence-electron chi connectivity index (χ0n) is 8.08. The fraction of sp³-hybridized carbons (Fsp3) is 0.364. The van der Waals surface area contributed by atoms with Crippen LogP contribution < -0.4 is 4.74 Å². The first-order chi connectivity index (χ1) is 6.19. The summed E-state index contributed by atoms with van der Waals surface area (Å²) in [6, 6.07) is 5.87. The number of rotatable bonds is 3. The maximum absolute atomic E-state index is 8.98. The molecule has 0 aliphatic carbocycles. The molecule has 1 radical (unpaired) electrons. The number of aryl methyl sites for hydroxylation is 1. The summed E-state index contributed by atoms with van der Waals surface area (Å²) >= 11 is 0. The van der Waals surface area contributed by atoms with Gasteiger partial charge >= 0.3 is 0 Å². The third-order valence-electron chi connectivity index (χ3n) is 2.05. The summed E-state index contributed by atoms with van der Waals surface area (Å²) < 4.78 is 5.17. The summed E-state index contributed by atoms with van der Waals surface area (Å²) in [7, 11) is 1.62. The largest absolute Gasteiger partial charge is 0.496 e. The minimum atomic E-state index is -0.116. The molecular weight excluding hydrogens is 164 g/mol. The van der Waals surface area contributed by atoms with Crippen LogP contribution >= 0.6 is 0 Å². The van der Waals surface area contributed by atoms with Crippen molar-refractivity contribution in [1.82, 2.24) is 0 Å². The lowest BCUT2D eigenvalue weighted by Crippen LogP contribution is -2.02. The predicted molar refractivity (Wildman–Crippen MR) is 52.9 cm³/mol. The van der Waals surface area contributed by atoms with E-state index in [4.69, 9.17) is 9.84 Å². The number of aliphatic hydroxyl groups excluding tert-OH is 1. The number of benzene rings is 1. The van der Waals surface area contributed by atoms with E-state index in [0.29, 0.717) is 0 Å². The Morgan fingerprint density at radius 1 is 1.54 bits per heavy atom. The molecule has 2 heteroatoms. The Morgan fingerprint density at radius 2 is 2.23 bits per heavy atom. The van der Waals surface area contributed by atoms with Crippen LogP contribution in [0.1, 0.15) is 17.0 Å². The van der Waals surface area contributed by atoms with E-state index in [1.165, 1.54) is 0 Å². The Hall–Kier alpha value is -1.02. The van der Waals surface area contributed by atoms with E-state index in [9.17, 15) is 0 Å². The molecule has 0 fully saturated rings. The van der Waals surface area contributed by atoms with Gasteiger partial charge in [-0.1, -0.05) is 17.7 Å². The first kappa shape index (κ1) is 10.1. The molecule has 1 rings (SSSR count). The molecule has 13 heavy (non-hydrogen) atoms. The second kappa shape index (κ2) is 4.28. The van der Waals surface area contributed by atoms with Crippen molar-refractivity contribution >= 4 is 0 Å². The molecule has 1 unspecified atom stereocenters. The highest BCUT2D eigenvalue weighted by atomic mass is 16.5. The van der Waals surface area contributed by atoms with Gasteiger partial charge in [0.1, 0.15) is 5.75 Å². The van der Waals surface area contributed by atoms with Crippen LogP contribution in [-0.4, -0.2) is 18.8 Å². The van der Waals surface area contributed by atoms with Crippen LogP contribution in [0.5, 0.6) is 5.75 Å². The standard InChI is InChI=1S/C11H15O2/c1-8-4-5-11(13-3)10(6-8)9(2)7-12/h4-6,9,12H,2,7H2,1,3H3. The van der Waals surface area contributed by atoms with E-state index in [2.05, 4.69) is 6.92 Å². The van der Waals surface area contributed by atoms with Gasteiger partial charge in [0, 0.05) is 5.92 Å². The Kier molecular flexibility index (Phi) is 3.32. The molecule has 2 nitrogen and oxygen atoms in total. The molecule has 0 aliphatic rings. The number of aliphatic hydroxyl groups is 1. The summed E-state index contributed by atoms with van der Waals surface area (Å²) in [5, 5.41) is 8.98. The molecule has 1 atom stereocenters. The topological polar surface area (TPSA) is 29.5 Å². The van der Waals surface area contributed by atoms with Gasteiger partial charge in [0.05, 0.1) is 13.7 Å². The molecule has 1 N–H and O–H groups in total. The molecule has 71 valence electrons. The maximum Gasteiger partial charge on any atom is 0.122 e. The lowest BCUT2D eigenvalue weighted by molar-refractivity contribution is 0.279. The summed E-state index contributed by atoms with van der Waals surface area (Å²) in [6.07, 6.45) is 0. The molecule has 0 amide bonds. The maximum atomic E-state index is 8.98. The SMILES string of the molecule is [CH2]C(CO)c1cc(C)ccc1OC. The summed E-state index contributed by atoms with van der Waals surface area (Å²) in [5.74, 6) is 0.675. The number of methoxy groups -OCH3 is 1. The van der Waals surface area contributed by atoms with Gasteiger partial charge in [-0.15, -0.1) is 0 Å². The lowest BCUT2D eigenvalue weighted by atomic mass is 9.99. The fourth-order valence-corrected chi connectivity index (χ4v) is 1.27. The number of hydrogen-bond donors (Lipinski definition) is 1. The second-order valence-corrected chi connectivity index (χ2v) is 3.12. The zero-order chi connectivity index (χ0) is 9.84. The molecule has 0 heterocycles.